The molecule has 0 unspecified atom stereocenters. The maximum absolute atomic E-state index is 12.5. The summed E-state index contributed by atoms with van der Waals surface area (Å²) in [4.78, 5) is 0. The van der Waals surface area contributed by atoms with Gasteiger partial charge in [-0.3, -0.25) is 5.10 Å². The van der Waals surface area contributed by atoms with Crippen molar-refractivity contribution in [2.75, 3.05) is 19.3 Å². The number of aromatic amines is 1. The van der Waals surface area contributed by atoms with Gasteiger partial charge in [-0.05, 0) is 32.6 Å². The van der Waals surface area contributed by atoms with E-state index in [1.807, 2.05) is 20.1 Å². The molecule has 21 heavy (non-hydrogen) atoms. The molecule has 0 bridgehead atoms. The minimum atomic E-state index is -3.57. The number of sulfonamides is 1. The van der Waals surface area contributed by atoms with Gasteiger partial charge < -0.3 is 5.32 Å². The van der Waals surface area contributed by atoms with E-state index in [2.05, 4.69) is 20.2 Å². The molecular formula is C13H24N4O2S2. The predicted octanol–water partition coefficient (Wildman–Crippen LogP) is 1.39. The lowest BCUT2D eigenvalue weighted by Crippen LogP contribution is -2.45. The maximum atomic E-state index is 12.5. The highest BCUT2D eigenvalue weighted by Crippen LogP contribution is 2.42. The molecule has 0 amide bonds. The summed E-state index contributed by atoms with van der Waals surface area (Å²) in [5.74, 6) is 0. The zero-order chi connectivity index (χ0) is 15.5. The van der Waals surface area contributed by atoms with Crippen LogP contribution in [0.2, 0.25) is 0 Å². The SMILES string of the molecule is CCNCc1c(S(=O)(=O)NCC2(SC)CCC2)n[nH]c1C. The monoisotopic (exact) mass is 332 g/mol. The number of hydrogen-bond donors (Lipinski definition) is 3. The molecule has 0 atom stereocenters. The van der Waals surface area contributed by atoms with Crippen molar-refractivity contribution >= 4 is 21.8 Å². The highest BCUT2D eigenvalue weighted by atomic mass is 32.2. The van der Waals surface area contributed by atoms with Gasteiger partial charge in [-0.15, -0.1) is 0 Å². The smallest absolute Gasteiger partial charge is 0.260 e. The number of rotatable bonds is 8. The van der Waals surface area contributed by atoms with Crippen LogP contribution in [0.4, 0.5) is 0 Å². The number of H-pyrrole nitrogens is 1. The lowest BCUT2D eigenvalue weighted by Gasteiger charge is -2.40. The molecule has 120 valence electrons. The molecule has 1 fully saturated rings. The molecule has 1 saturated carbocycles. The first-order valence-electron chi connectivity index (χ1n) is 7.23. The van der Waals surface area contributed by atoms with Gasteiger partial charge in [0.2, 0.25) is 0 Å². The summed E-state index contributed by atoms with van der Waals surface area (Å²) in [5.41, 5.74) is 1.51. The van der Waals surface area contributed by atoms with E-state index in [1.54, 1.807) is 11.8 Å². The highest BCUT2D eigenvalue weighted by Gasteiger charge is 2.37. The second-order valence-corrected chi connectivity index (χ2v) is 8.43. The molecule has 0 saturated heterocycles. The van der Waals surface area contributed by atoms with Crippen molar-refractivity contribution in [3.63, 3.8) is 0 Å². The van der Waals surface area contributed by atoms with Crippen molar-refractivity contribution in [2.45, 2.75) is 49.4 Å². The van der Waals surface area contributed by atoms with Gasteiger partial charge >= 0.3 is 0 Å². The Morgan fingerprint density at radius 1 is 1.43 bits per heavy atom. The fraction of sp³-hybridized carbons (Fsp3) is 0.769. The molecule has 1 aromatic rings. The van der Waals surface area contributed by atoms with Crippen molar-refractivity contribution in [1.29, 1.82) is 0 Å². The Bertz CT molecular complexity index is 573. The second kappa shape index (κ2) is 6.68. The van der Waals surface area contributed by atoms with Crippen LogP contribution in [0.25, 0.3) is 0 Å². The number of aromatic nitrogens is 2. The summed E-state index contributed by atoms with van der Waals surface area (Å²) in [6.07, 6.45) is 5.36. The van der Waals surface area contributed by atoms with Crippen LogP contribution in [-0.2, 0) is 16.6 Å². The summed E-state index contributed by atoms with van der Waals surface area (Å²) < 4.78 is 27.8. The summed E-state index contributed by atoms with van der Waals surface area (Å²) in [6.45, 7) is 5.59. The Labute approximate surface area is 130 Å². The molecule has 0 aliphatic heterocycles. The lowest BCUT2D eigenvalue weighted by atomic mass is 9.84. The summed E-state index contributed by atoms with van der Waals surface area (Å²) in [5, 5.41) is 10.0. The number of nitrogens with zero attached hydrogens (tertiary/aromatic N) is 1. The van der Waals surface area contributed by atoms with Gasteiger partial charge in [-0.25, -0.2) is 13.1 Å². The number of hydrogen-bond acceptors (Lipinski definition) is 5. The average molecular weight is 332 g/mol. The van der Waals surface area contributed by atoms with Crippen LogP contribution in [0.5, 0.6) is 0 Å². The van der Waals surface area contributed by atoms with Crippen LogP contribution in [0.3, 0.4) is 0 Å². The Kier molecular flexibility index (Phi) is 5.34. The number of nitrogens with one attached hydrogen (secondary N) is 3. The van der Waals surface area contributed by atoms with Gasteiger partial charge in [0.25, 0.3) is 10.0 Å². The van der Waals surface area contributed by atoms with E-state index in [9.17, 15) is 8.42 Å². The van der Waals surface area contributed by atoms with E-state index in [0.29, 0.717) is 13.1 Å². The van der Waals surface area contributed by atoms with Crippen LogP contribution in [0, 0.1) is 6.92 Å². The lowest BCUT2D eigenvalue weighted by molar-refractivity contribution is 0.361. The quantitative estimate of drug-likeness (QED) is 0.670. The molecular weight excluding hydrogens is 308 g/mol. The van der Waals surface area contributed by atoms with Crippen molar-refractivity contribution in [3.8, 4) is 0 Å². The minimum absolute atomic E-state index is 0.0697. The van der Waals surface area contributed by atoms with E-state index < -0.39 is 10.0 Å². The first kappa shape index (κ1) is 16.8. The van der Waals surface area contributed by atoms with Gasteiger partial charge in [0, 0.05) is 29.1 Å². The number of aryl methyl sites for hydroxylation is 1. The normalized spacial score (nSPS) is 17.7. The van der Waals surface area contributed by atoms with E-state index in [1.165, 1.54) is 6.42 Å². The van der Waals surface area contributed by atoms with Gasteiger partial charge in [-0.2, -0.15) is 16.9 Å². The molecule has 0 radical (unpaired) electrons. The Morgan fingerprint density at radius 3 is 2.67 bits per heavy atom. The molecule has 6 nitrogen and oxygen atoms in total. The highest BCUT2D eigenvalue weighted by molar-refractivity contribution is 8.00. The molecule has 1 aliphatic rings. The minimum Gasteiger partial charge on any atom is -0.313 e. The van der Waals surface area contributed by atoms with Crippen molar-refractivity contribution in [2.24, 2.45) is 0 Å². The zero-order valence-corrected chi connectivity index (χ0v) is 14.5. The third kappa shape index (κ3) is 3.61. The molecule has 3 N–H and O–H groups in total. The first-order valence-corrected chi connectivity index (χ1v) is 9.94. The third-order valence-corrected chi connectivity index (χ3v) is 6.91. The van der Waals surface area contributed by atoms with Crippen molar-refractivity contribution in [3.05, 3.63) is 11.3 Å². The number of thioether (sulfide) groups is 1. The van der Waals surface area contributed by atoms with Crippen LogP contribution in [-0.4, -0.2) is 42.7 Å². The van der Waals surface area contributed by atoms with E-state index in [0.717, 1.165) is 30.6 Å². The van der Waals surface area contributed by atoms with Crippen LogP contribution in [0.15, 0.2) is 5.03 Å². The van der Waals surface area contributed by atoms with E-state index in [4.69, 9.17) is 0 Å². The fourth-order valence-corrected chi connectivity index (χ4v) is 4.75. The Hall–Kier alpha value is -0.570. The molecule has 1 aromatic heterocycles. The summed E-state index contributed by atoms with van der Waals surface area (Å²) >= 11 is 1.75. The first-order chi connectivity index (χ1) is 9.94. The fourth-order valence-electron chi connectivity index (χ4n) is 2.43. The molecule has 0 spiro atoms. The van der Waals surface area contributed by atoms with Crippen molar-refractivity contribution in [1.82, 2.24) is 20.2 Å². The third-order valence-electron chi connectivity index (χ3n) is 4.12. The molecule has 1 aliphatic carbocycles. The molecule has 8 heteroatoms. The standard InChI is InChI=1S/C13H24N4O2S2/c1-4-14-8-11-10(2)16-17-12(11)21(18,19)15-9-13(20-3)6-5-7-13/h14-15H,4-9H2,1-3H3,(H,16,17). The van der Waals surface area contributed by atoms with Crippen LogP contribution >= 0.6 is 11.8 Å². The van der Waals surface area contributed by atoms with Gasteiger partial charge in [0.15, 0.2) is 5.03 Å². The van der Waals surface area contributed by atoms with Gasteiger partial charge in [-0.1, -0.05) is 13.3 Å². The summed E-state index contributed by atoms with van der Waals surface area (Å²) in [7, 11) is -3.57. The molecule has 1 heterocycles. The van der Waals surface area contributed by atoms with E-state index in [-0.39, 0.29) is 9.77 Å². The van der Waals surface area contributed by atoms with Crippen molar-refractivity contribution < 1.29 is 8.42 Å². The second-order valence-electron chi connectivity index (χ2n) is 5.48. The van der Waals surface area contributed by atoms with Gasteiger partial charge in [0.1, 0.15) is 0 Å². The van der Waals surface area contributed by atoms with E-state index >= 15 is 0 Å². The topological polar surface area (TPSA) is 86.9 Å². The maximum Gasteiger partial charge on any atom is 0.260 e. The summed E-state index contributed by atoms with van der Waals surface area (Å²) in [6, 6.07) is 0. The predicted molar refractivity (Wildman–Crippen MR) is 86.0 cm³/mol. The van der Waals surface area contributed by atoms with Gasteiger partial charge in [0.05, 0.1) is 0 Å². The Morgan fingerprint density at radius 2 is 2.14 bits per heavy atom. The Balaban J connectivity index is 2.12. The largest absolute Gasteiger partial charge is 0.313 e. The zero-order valence-electron chi connectivity index (χ0n) is 12.8. The molecule has 2 rings (SSSR count). The van der Waals surface area contributed by atoms with Crippen LogP contribution in [0.1, 0.15) is 37.4 Å². The molecule has 0 aromatic carbocycles. The van der Waals surface area contributed by atoms with Crippen LogP contribution < -0.4 is 10.0 Å². The average Bonchev–Trinajstić information content (AvgIpc) is 2.77.